The lowest BCUT2D eigenvalue weighted by molar-refractivity contribution is 0.0947. The standard InChI is InChI=1S/C27H31N5O/c33-27(29-13-16-31-15-12-21-6-4-5-9-24(21)19-31)23-10-11-26(30-18-23)32-17-14-28-25(20-32)22-7-2-1-3-8-22/h1-11,18,25,28H,12-17,19-20H2,(H,29,33)/t25-/m0/s1. The smallest absolute Gasteiger partial charge is 0.252 e. The molecule has 33 heavy (non-hydrogen) atoms. The molecule has 6 heteroatoms. The maximum absolute atomic E-state index is 12.6. The quantitative estimate of drug-likeness (QED) is 0.616. The number of aromatic nitrogens is 1. The molecule has 6 nitrogen and oxygen atoms in total. The van der Waals surface area contributed by atoms with Crippen LogP contribution in [0.25, 0.3) is 0 Å². The van der Waals surface area contributed by atoms with E-state index in [1.807, 2.05) is 18.2 Å². The van der Waals surface area contributed by atoms with Crippen molar-refractivity contribution in [2.45, 2.75) is 19.0 Å². The molecule has 0 aliphatic carbocycles. The Morgan fingerprint density at radius 2 is 1.82 bits per heavy atom. The summed E-state index contributed by atoms with van der Waals surface area (Å²) < 4.78 is 0. The van der Waals surface area contributed by atoms with E-state index in [9.17, 15) is 4.79 Å². The lowest BCUT2D eigenvalue weighted by Gasteiger charge is -2.34. The molecule has 1 aromatic heterocycles. The summed E-state index contributed by atoms with van der Waals surface area (Å²) >= 11 is 0. The first kappa shape index (κ1) is 21.6. The zero-order chi connectivity index (χ0) is 22.5. The van der Waals surface area contributed by atoms with Gasteiger partial charge in [-0.1, -0.05) is 54.6 Å². The highest BCUT2D eigenvalue weighted by Gasteiger charge is 2.22. The second kappa shape index (κ2) is 10.1. The monoisotopic (exact) mass is 441 g/mol. The molecule has 0 spiro atoms. The minimum atomic E-state index is -0.0612. The van der Waals surface area contributed by atoms with E-state index in [0.717, 1.165) is 51.5 Å². The number of hydrogen-bond donors (Lipinski definition) is 2. The lowest BCUT2D eigenvalue weighted by Crippen LogP contribution is -2.46. The fraction of sp³-hybridized carbons (Fsp3) is 0.333. The van der Waals surface area contributed by atoms with Crippen LogP contribution in [-0.4, -0.2) is 55.1 Å². The SMILES string of the molecule is O=C(NCCN1CCc2ccccc2C1)c1ccc(N2CCN[C@H](c3ccccc3)C2)nc1. The molecule has 0 saturated carbocycles. The Balaban J connectivity index is 1.12. The van der Waals surface area contributed by atoms with Crippen LogP contribution in [-0.2, 0) is 13.0 Å². The first-order valence-corrected chi connectivity index (χ1v) is 11.8. The summed E-state index contributed by atoms with van der Waals surface area (Å²) in [6, 6.07) is 23.3. The fourth-order valence-corrected chi connectivity index (χ4v) is 4.75. The van der Waals surface area contributed by atoms with Crippen LogP contribution in [0.5, 0.6) is 0 Å². The Bertz CT molecular complexity index is 1070. The topological polar surface area (TPSA) is 60.5 Å². The summed E-state index contributed by atoms with van der Waals surface area (Å²) in [4.78, 5) is 21.9. The van der Waals surface area contributed by atoms with Crippen molar-refractivity contribution in [3.63, 3.8) is 0 Å². The van der Waals surface area contributed by atoms with E-state index >= 15 is 0 Å². The van der Waals surface area contributed by atoms with E-state index in [0.29, 0.717) is 12.1 Å². The van der Waals surface area contributed by atoms with Gasteiger partial charge in [-0.05, 0) is 35.2 Å². The van der Waals surface area contributed by atoms with Crippen LogP contribution in [0.4, 0.5) is 5.82 Å². The Morgan fingerprint density at radius 3 is 2.64 bits per heavy atom. The number of benzene rings is 2. The van der Waals surface area contributed by atoms with Crippen LogP contribution in [0.15, 0.2) is 72.9 Å². The fourth-order valence-electron chi connectivity index (χ4n) is 4.75. The van der Waals surface area contributed by atoms with Gasteiger partial charge in [0.25, 0.3) is 5.91 Å². The van der Waals surface area contributed by atoms with Crippen molar-refractivity contribution in [3.8, 4) is 0 Å². The summed E-state index contributed by atoms with van der Waals surface area (Å²) in [5.74, 6) is 0.856. The largest absolute Gasteiger partial charge is 0.353 e. The van der Waals surface area contributed by atoms with Crippen LogP contribution < -0.4 is 15.5 Å². The summed E-state index contributed by atoms with van der Waals surface area (Å²) in [5, 5.41) is 6.64. The van der Waals surface area contributed by atoms with E-state index in [1.165, 1.54) is 16.7 Å². The molecule has 0 unspecified atom stereocenters. The van der Waals surface area contributed by atoms with Gasteiger partial charge in [0.05, 0.1) is 5.56 Å². The van der Waals surface area contributed by atoms with Gasteiger partial charge in [0.1, 0.15) is 5.82 Å². The molecule has 2 aliphatic rings. The number of hydrogen-bond acceptors (Lipinski definition) is 5. The molecular weight excluding hydrogens is 410 g/mol. The minimum absolute atomic E-state index is 0.0612. The maximum Gasteiger partial charge on any atom is 0.252 e. The number of pyridine rings is 1. The van der Waals surface area contributed by atoms with Crippen molar-refractivity contribution in [1.82, 2.24) is 20.5 Å². The molecule has 1 saturated heterocycles. The van der Waals surface area contributed by atoms with E-state index in [2.05, 4.69) is 73.9 Å². The molecule has 3 heterocycles. The third kappa shape index (κ3) is 5.24. The number of piperazine rings is 1. The van der Waals surface area contributed by atoms with Crippen LogP contribution in [0.1, 0.15) is 33.1 Å². The van der Waals surface area contributed by atoms with Crippen molar-refractivity contribution in [2.24, 2.45) is 0 Å². The highest BCUT2D eigenvalue weighted by atomic mass is 16.1. The van der Waals surface area contributed by atoms with Crippen molar-refractivity contribution in [2.75, 3.05) is 44.2 Å². The van der Waals surface area contributed by atoms with Crippen molar-refractivity contribution >= 4 is 11.7 Å². The zero-order valence-corrected chi connectivity index (χ0v) is 18.9. The molecule has 0 bridgehead atoms. The van der Waals surface area contributed by atoms with Gasteiger partial charge in [-0.15, -0.1) is 0 Å². The molecule has 170 valence electrons. The van der Waals surface area contributed by atoms with Crippen LogP contribution in [0, 0.1) is 0 Å². The number of fused-ring (bicyclic) bond motifs is 1. The summed E-state index contributed by atoms with van der Waals surface area (Å²) in [7, 11) is 0. The molecule has 2 N–H and O–H groups in total. The van der Waals surface area contributed by atoms with Gasteiger partial charge < -0.3 is 15.5 Å². The molecular formula is C27H31N5O. The van der Waals surface area contributed by atoms with Gasteiger partial charge in [0.15, 0.2) is 0 Å². The van der Waals surface area contributed by atoms with Gasteiger partial charge in [-0.3, -0.25) is 9.69 Å². The zero-order valence-electron chi connectivity index (χ0n) is 18.9. The molecule has 1 atom stereocenters. The van der Waals surface area contributed by atoms with Crippen LogP contribution >= 0.6 is 0 Å². The number of carbonyl (C=O) groups excluding carboxylic acids is 1. The third-order valence-electron chi connectivity index (χ3n) is 6.63. The van der Waals surface area contributed by atoms with Gasteiger partial charge in [0, 0.05) is 58.1 Å². The van der Waals surface area contributed by atoms with Crippen LogP contribution in [0.2, 0.25) is 0 Å². The second-order valence-electron chi connectivity index (χ2n) is 8.82. The van der Waals surface area contributed by atoms with Gasteiger partial charge in [-0.25, -0.2) is 4.98 Å². The number of nitrogens with zero attached hydrogens (tertiary/aromatic N) is 3. The molecule has 2 aliphatic heterocycles. The molecule has 3 aromatic rings. The number of carbonyl (C=O) groups is 1. The molecule has 1 amide bonds. The first-order valence-electron chi connectivity index (χ1n) is 11.8. The number of anilines is 1. The molecule has 2 aromatic carbocycles. The Morgan fingerprint density at radius 1 is 1.00 bits per heavy atom. The number of amides is 1. The van der Waals surface area contributed by atoms with Crippen molar-refractivity contribution < 1.29 is 4.79 Å². The highest BCUT2D eigenvalue weighted by molar-refractivity contribution is 5.94. The average molecular weight is 442 g/mol. The third-order valence-corrected chi connectivity index (χ3v) is 6.63. The van der Waals surface area contributed by atoms with E-state index in [4.69, 9.17) is 0 Å². The lowest BCUT2D eigenvalue weighted by atomic mass is 10.00. The predicted molar refractivity (Wildman–Crippen MR) is 131 cm³/mol. The molecule has 5 rings (SSSR count). The Kier molecular flexibility index (Phi) is 6.65. The second-order valence-corrected chi connectivity index (χ2v) is 8.82. The first-order chi connectivity index (χ1) is 16.3. The van der Waals surface area contributed by atoms with E-state index in [1.54, 1.807) is 6.20 Å². The van der Waals surface area contributed by atoms with E-state index < -0.39 is 0 Å². The number of nitrogens with one attached hydrogen (secondary N) is 2. The summed E-state index contributed by atoms with van der Waals surface area (Å²) in [6.45, 7) is 6.16. The predicted octanol–water partition coefficient (Wildman–Crippen LogP) is 3.02. The Hall–Kier alpha value is -3.22. The van der Waals surface area contributed by atoms with Crippen LogP contribution in [0.3, 0.4) is 0 Å². The van der Waals surface area contributed by atoms with Gasteiger partial charge >= 0.3 is 0 Å². The average Bonchev–Trinajstić information content (AvgIpc) is 2.89. The highest BCUT2D eigenvalue weighted by Crippen LogP contribution is 2.21. The molecule has 1 fully saturated rings. The minimum Gasteiger partial charge on any atom is -0.353 e. The number of rotatable bonds is 6. The van der Waals surface area contributed by atoms with Crippen molar-refractivity contribution in [1.29, 1.82) is 0 Å². The van der Waals surface area contributed by atoms with Gasteiger partial charge in [-0.2, -0.15) is 0 Å². The maximum atomic E-state index is 12.6. The normalized spacial score (nSPS) is 18.5. The summed E-state index contributed by atoms with van der Waals surface area (Å²) in [5.41, 5.74) is 4.74. The van der Waals surface area contributed by atoms with Gasteiger partial charge in [0.2, 0.25) is 0 Å². The van der Waals surface area contributed by atoms with Crippen molar-refractivity contribution in [3.05, 3.63) is 95.2 Å². The van der Waals surface area contributed by atoms with E-state index in [-0.39, 0.29) is 11.9 Å². The summed E-state index contributed by atoms with van der Waals surface area (Å²) in [6.07, 6.45) is 2.77. The Labute approximate surface area is 195 Å². The molecule has 0 radical (unpaired) electrons.